The number of halogens is 1. The van der Waals surface area contributed by atoms with Gasteiger partial charge in [-0.1, -0.05) is 51.1 Å². The van der Waals surface area contributed by atoms with E-state index < -0.39 is 58.6 Å². The fraction of sp³-hybridized carbons (Fsp3) is 0.429. The summed E-state index contributed by atoms with van der Waals surface area (Å²) >= 11 is 7.26. The minimum Gasteiger partial charge on any atom is -0.391 e. The molecule has 0 saturated carbocycles. The van der Waals surface area contributed by atoms with Gasteiger partial charge in [-0.2, -0.15) is 0 Å². The van der Waals surface area contributed by atoms with Crippen molar-refractivity contribution < 1.29 is 42.9 Å². The van der Waals surface area contributed by atoms with E-state index in [1.165, 1.54) is 26.8 Å². The molecule has 360 valence electrons. The van der Waals surface area contributed by atoms with Gasteiger partial charge in [0.05, 0.1) is 60.7 Å². The number of nitrogens with one attached hydrogen (secondary N) is 3. The van der Waals surface area contributed by atoms with E-state index in [0.717, 1.165) is 27.8 Å². The lowest BCUT2D eigenvalue weighted by atomic mass is 9.85. The number of hydrogen-bond donors (Lipinski definition) is 4. The number of ether oxygens (including phenoxy) is 2. The second-order valence-corrected chi connectivity index (χ2v) is 19.5. The Bertz CT molecular complexity index is 2590. The monoisotopic (exact) mass is 968 g/mol. The fourth-order valence-electron chi connectivity index (χ4n) is 8.02. The van der Waals surface area contributed by atoms with Gasteiger partial charge < -0.3 is 40.3 Å². The van der Waals surface area contributed by atoms with Crippen LogP contribution in [0.5, 0.6) is 0 Å². The number of hydrogen-bond acceptors (Lipinski definition) is 11. The maximum atomic E-state index is 15.4. The predicted octanol–water partition coefficient (Wildman–Crippen LogP) is 6.00. The molecule has 6 rings (SSSR count). The third kappa shape index (κ3) is 11.7. The number of thiazole rings is 1. The number of carbonyl (C=O) groups excluding carboxylic acids is 5. The summed E-state index contributed by atoms with van der Waals surface area (Å²) < 4.78 is 26.6. The molecule has 2 aliphatic heterocycles. The molecule has 0 spiro atoms. The Morgan fingerprint density at radius 2 is 1.69 bits per heavy atom. The van der Waals surface area contributed by atoms with Crippen LogP contribution in [0.1, 0.15) is 74.6 Å². The molecule has 2 aliphatic rings. The van der Waals surface area contributed by atoms with Crippen molar-refractivity contribution in [3.8, 4) is 10.4 Å². The van der Waals surface area contributed by atoms with E-state index >= 15 is 4.39 Å². The van der Waals surface area contributed by atoms with Crippen LogP contribution in [0.4, 0.5) is 21.5 Å². The number of rotatable bonds is 18. The number of likely N-dealkylation sites (tertiary alicyclic amines) is 1. The number of anilines is 2. The van der Waals surface area contributed by atoms with E-state index in [9.17, 15) is 29.1 Å². The minimum absolute atomic E-state index is 0.0338. The molecule has 0 bridgehead atoms. The van der Waals surface area contributed by atoms with E-state index in [1.54, 1.807) is 55.8 Å². The van der Waals surface area contributed by atoms with Gasteiger partial charge in [-0.15, -0.1) is 11.3 Å². The highest BCUT2D eigenvalue weighted by molar-refractivity contribution is 7.81. The number of carbonyl (C=O) groups is 5. The highest BCUT2D eigenvalue weighted by Gasteiger charge is 2.50. The van der Waals surface area contributed by atoms with Gasteiger partial charge in [0.1, 0.15) is 23.4 Å². The normalized spacial score (nSPS) is 17.3. The Balaban J connectivity index is 0.901. The molecular formula is C49H57FN8O8S2. The Kier molecular flexibility index (Phi) is 16.5. The summed E-state index contributed by atoms with van der Waals surface area (Å²) in [5, 5.41) is 19.0. The largest absolute Gasteiger partial charge is 0.391 e. The first-order valence-electron chi connectivity index (χ1n) is 22.2. The molecule has 2 fully saturated rings. The van der Waals surface area contributed by atoms with Gasteiger partial charge in [-0.25, -0.2) is 14.2 Å². The second kappa shape index (κ2) is 21.8. The third-order valence-corrected chi connectivity index (χ3v) is 13.1. The molecule has 0 unspecified atom stereocenters. The first-order chi connectivity index (χ1) is 32.2. The van der Waals surface area contributed by atoms with Gasteiger partial charge in [-0.05, 0) is 92.4 Å². The summed E-state index contributed by atoms with van der Waals surface area (Å²) in [5.41, 5.74) is 4.46. The van der Waals surface area contributed by atoms with Gasteiger partial charge in [0.2, 0.25) is 17.7 Å². The molecule has 1 aromatic heterocycles. The van der Waals surface area contributed by atoms with Crippen molar-refractivity contribution >= 4 is 75.3 Å². The van der Waals surface area contributed by atoms with Crippen molar-refractivity contribution in [2.75, 3.05) is 49.3 Å². The standard InChI is InChI=1S/C49H57FN8O8S2/c1-29-23-33(14-16-38(29)51-8)57-46(64)49(6,7)58(47(57)67)34-13-15-36(37(50)24-34)43(61)52-18-20-66-22-21-65-19-17-40(60)55-42(48(3,4)5)45(63)56-27-35(59)25-39(56)44(62)53-26-31-9-11-32(12-10-31)41-30(2)54-28-68-41/h9-16,23-24,28,35,39,42,59H,17-22,25-27H2,1-7H3,(H,52,61)(H,53,62)(H,55,60)/t35-,39+,42-/m1/s1. The van der Waals surface area contributed by atoms with Crippen molar-refractivity contribution in [2.24, 2.45) is 5.41 Å². The lowest BCUT2D eigenvalue weighted by Gasteiger charge is -2.35. The summed E-state index contributed by atoms with van der Waals surface area (Å²) in [7, 11) is 0. The number of aliphatic hydroxyl groups excluding tert-OH is 1. The summed E-state index contributed by atoms with van der Waals surface area (Å²) in [5.74, 6) is -3.09. The maximum Gasteiger partial charge on any atom is 0.259 e. The molecule has 5 amide bonds. The van der Waals surface area contributed by atoms with Crippen LogP contribution in [0.25, 0.3) is 15.3 Å². The van der Waals surface area contributed by atoms with Gasteiger partial charge in [0.25, 0.3) is 11.8 Å². The Hall–Kier alpha value is -6.17. The molecule has 19 heteroatoms. The quantitative estimate of drug-likeness (QED) is 0.0521. The third-order valence-electron chi connectivity index (χ3n) is 11.8. The highest BCUT2D eigenvalue weighted by Crippen LogP contribution is 2.38. The topological polar surface area (TPSA) is 187 Å². The van der Waals surface area contributed by atoms with Crippen LogP contribution < -0.4 is 25.8 Å². The van der Waals surface area contributed by atoms with Crippen LogP contribution in [0.3, 0.4) is 0 Å². The number of β-amino-alcohol motifs (C(OH)–C–C–N with tert-alkyl or cyclic N) is 1. The summed E-state index contributed by atoms with van der Waals surface area (Å²) in [6, 6.07) is 14.9. The predicted molar refractivity (Wildman–Crippen MR) is 261 cm³/mol. The second-order valence-electron chi connectivity index (χ2n) is 18.2. The Morgan fingerprint density at radius 1 is 1.00 bits per heavy atom. The molecule has 0 radical (unpaired) electrons. The van der Waals surface area contributed by atoms with Crippen LogP contribution in [0.2, 0.25) is 0 Å². The number of aryl methyl sites for hydroxylation is 2. The van der Waals surface area contributed by atoms with Crippen molar-refractivity contribution in [2.45, 2.75) is 91.6 Å². The zero-order chi connectivity index (χ0) is 49.5. The van der Waals surface area contributed by atoms with Crippen LogP contribution in [-0.2, 0) is 35.2 Å². The van der Waals surface area contributed by atoms with E-state index in [-0.39, 0.29) is 81.2 Å². The molecule has 4 aromatic rings. The number of amides is 5. The molecule has 2 saturated heterocycles. The van der Waals surface area contributed by atoms with Gasteiger partial charge >= 0.3 is 0 Å². The first-order valence-corrected chi connectivity index (χ1v) is 23.5. The van der Waals surface area contributed by atoms with Crippen LogP contribution in [-0.4, -0.2) is 113 Å². The van der Waals surface area contributed by atoms with Crippen molar-refractivity contribution in [1.82, 2.24) is 25.8 Å². The summed E-state index contributed by atoms with van der Waals surface area (Å²) in [6.07, 6.45) is -0.880. The number of thiocarbonyl (C=S) groups is 1. The molecule has 3 heterocycles. The smallest absolute Gasteiger partial charge is 0.259 e. The lowest BCUT2D eigenvalue weighted by molar-refractivity contribution is -0.144. The van der Waals surface area contributed by atoms with Crippen LogP contribution in [0.15, 0.2) is 66.2 Å². The van der Waals surface area contributed by atoms with E-state index in [0.29, 0.717) is 16.9 Å². The molecule has 3 aromatic carbocycles. The van der Waals surface area contributed by atoms with Gasteiger partial charge in [0.15, 0.2) is 10.8 Å². The lowest BCUT2D eigenvalue weighted by Crippen LogP contribution is -2.57. The Labute approximate surface area is 405 Å². The molecule has 3 atom stereocenters. The highest BCUT2D eigenvalue weighted by atomic mass is 32.1. The van der Waals surface area contributed by atoms with E-state index in [1.807, 2.05) is 52.0 Å². The van der Waals surface area contributed by atoms with Crippen molar-refractivity contribution in [3.63, 3.8) is 0 Å². The average Bonchev–Trinajstić information content (AvgIpc) is 3.95. The molecular weight excluding hydrogens is 912 g/mol. The fourth-order valence-corrected chi connectivity index (χ4v) is 9.35. The van der Waals surface area contributed by atoms with E-state index in [4.69, 9.17) is 28.3 Å². The number of nitrogens with zero attached hydrogens (tertiary/aromatic N) is 5. The molecule has 16 nitrogen and oxygen atoms in total. The van der Waals surface area contributed by atoms with Gasteiger partial charge in [0, 0.05) is 43.9 Å². The number of aliphatic hydroxyl groups is 1. The zero-order valence-electron chi connectivity index (χ0n) is 39.2. The first kappa shape index (κ1) is 51.2. The molecule has 68 heavy (non-hydrogen) atoms. The maximum absolute atomic E-state index is 15.4. The summed E-state index contributed by atoms with van der Waals surface area (Å²) in [6.45, 7) is 20.5. The molecule has 4 N–H and O–H groups in total. The van der Waals surface area contributed by atoms with Crippen LogP contribution >= 0.6 is 23.6 Å². The van der Waals surface area contributed by atoms with Crippen molar-refractivity contribution in [1.29, 1.82) is 0 Å². The molecule has 0 aliphatic carbocycles. The van der Waals surface area contributed by atoms with E-state index in [2.05, 4.69) is 25.8 Å². The van der Waals surface area contributed by atoms with Gasteiger partial charge in [-0.3, -0.25) is 28.9 Å². The minimum atomic E-state index is -1.17. The summed E-state index contributed by atoms with van der Waals surface area (Å²) in [4.78, 5) is 80.0. The number of aromatic nitrogens is 1. The zero-order valence-corrected chi connectivity index (χ0v) is 40.8. The SMILES string of the molecule is [C-]#[N+]c1ccc(N2C(=O)C(C)(C)N(c3ccc(C(=O)NCCOCCOCCC(=O)N[C@H](C(=O)N4C[C@H](O)C[C@H]4C(=O)NCc4ccc(-c5scnc5C)cc4)C(C)(C)C)c(F)c3)C2=S)cc1C. The van der Waals surface area contributed by atoms with Crippen molar-refractivity contribution in [3.05, 3.63) is 106 Å². The number of benzene rings is 3. The Morgan fingerprint density at radius 3 is 2.32 bits per heavy atom. The average molecular weight is 969 g/mol. The van der Waals surface area contributed by atoms with Crippen LogP contribution in [0, 0.1) is 31.7 Å².